The topological polar surface area (TPSA) is 92.4 Å². The zero-order chi connectivity index (χ0) is 27.2. The largest absolute Gasteiger partial charge is 0.503 e. The van der Waals surface area contributed by atoms with E-state index in [1.54, 1.807) is 17.0 Å². The third-order valence-corrected chi connectivity index (χ3v) is 6.69. The summed E-state index contributed by atoms with van der Waals surface area (Å²) >= 11 is 0. The lowest BCUT2D eigenvalue weighted by Gasteiger charge is -2.27. The second kappa shape index (κ2) is 12.2. The smallest absolute Gasteiger partial charge is 0.290 e. The van der Waals surface area contributed by atoms with Crippen LogP contribution in [0.25, 0.3) is 11.0 Å². The van der Waals surface area contributed by atoms with Crippen molar-refractivity contribution in [2.75, 3.05) is 40.9 Å². The fraction of sp³-hybridized carbons (Fsp3) is 0.400. The van der Waals surface area contributed by atoms with Crippen LogP contribution in [0.3, 0.4) is 0 Å². The number of nitrogens with zero attached hydrogens (tertiary/aromatic N) is 2. The van der Waals surface area contributed by atoms with Crippen molar-refractivity contribution in [1.29, 1.82) is 0 Å². The van der Waals surface area contributed by atoms with Gasteiger partial charge in [0.1, 0.15) is 5.75 Å². The highest BCUT2D eigenvalue weighted by Gasteiger charge is 2.44. The van der Waals surface area contributed by atoms with E-state index >= 15 is 0 Å². The van der Waals surface area contributed by atoms with E-state index in [0.717, 1.165) is 25.8 Å². The summed E-state index contributed by atoms with van der Waals surface area (Å²) in [5, 5.41) is 11.7. The standard InChI is InChI=1S/C30H36N2O6/c1-5-6-7-17-37-22-13-8-11-20(18-22)26-25(28(34)30(35)32(26)16-10-15-31(2)3)27(33)24-19-21-12-9-14-23(36-4)29(21)38-24/h8-9,11-14,18-19,26,34H,5-7,10,15-17H2,1-4H3. The number of Topliss-reactive ketones (excluding diaryl/α,β-unsaturated/α-hetero) is 1. The van der Waals surface area contributed by atoms with Crippen LogP contribution < -0.4 is 9.47 Å². The molecular formula is C30H36N2O6. The Morgan fingerprint density at radius 3 is 2.63 bits per heavy atom. The Hall–Kier alpha value is -3.78. The number of hydrogen-bond donors (Lipinski definition) is 1. The Morgan fingerprint density at radius 1 is 1.11 bits per heavy atom. The Labute approximate surface area is 223 Å². The van der Waals surface area contributed by atoms with Crippen LogP contribution in [-0.4, -0.2) is 67.5 Å². The molecule has 0 saturated heterocycles. The quantitative estimate of drug-likeness (QED) is 0.234. The van der Waals surface area contributed by atoms with Gasteiger partial charge in [0.15, 0.2) is 22.9 Å². The van der Waals surface area contributed by atoms with Gasteiger partial charge in [-0.05, 0) is 63.3 Å². The molecule has 0 bridgehead atoms. The van der Waals surface area contributed by atoms with Crippen LogP contribution in [0, 0.1) is 0 Å². The third kappa shape index (κ3) is 5.70. The maximum absolute atomic E-state index is 13.8. The molecule has 0 spiro atoms. The zero-order valence-electron chi connectivity index (χ0n) is 22.5. The first kappa shape index (κ1) is 27.3. The van der Waals surface area contributed by atoms with Gasteiger partial charge in [0.05, 0.1) is 25.3 Å². The number of unbranched alkanes of at least 4 members (excludes halogenated alkanes) is 2. The molecule has 1 aliphatic rings. The van der Waals surface area contributed by atoms with Crippen LogP contribution in [0.15, 0.2) is 64.3 Å². The minimum absolute atomic E-state index is 0.000934. The van der Waals surface area contributed by atoms with E-state index in [1.165, 1.54) is 7.11 Å². The van der Waals surface area contributed by atoms with E-state index in [2.05, 4.69) is 6.92 Å². The number of amides is 1. The third-order valence-electron chi connectivity index (χ3n) is 6.69. The zero-order valence-corrected chi connectivity index (χ0v) is 22.5. The number of ketones is 1. The molecule has 38 heavy (non-hydrogen) atoms. The first-order valence-electron chi connectivity index (χ1n) is 13.1. The number of hydrogen-bond acceptors (Lipinski definition) is 7. The second-order valence-corrected chi connectivity index (χ2v) is 9.77. The molecule has 1 amide bonds. The van der Waals surface area contributed by atoms with Crippen molar-refractivity contribution in [3.05, 3.63) is 71.2 Å². The highest BCUT2D eigenvalue weighted by molar-refractivity contribution is 6.16. The number of carbonyl (C=O) groups excluding carboxylic acids is 2. The van der Waals surface area contributed by atoms with Gasteiger partial charge >= 0.3 is 0 Å². The molecule has 8 nitrogen and oxygen atoms in total. The highest BCUT2D eigenvalue weighted by Crippen LogP contribution is 2.41. The fourth-order valence-electron chi connectivity index (χ4n) is 4.78. The van der Waals surface area contributed by atoms with Crippen molar-refractivity contribution >= 4 is 22.7 Å². The molecule has 4 rings (SSSR count). The van der Waals surface area contributed by atoms with E-state index in [1.807, 2.05) is 55.4 Å². The number of benzene rings is 2. The van der Waals surface area contributed by atoms with Gasteiger partial charge in [0.2, 0.25) is 5.78 Å². The fourth-order valence-corrected chi connectivity index (χ4v) is 4.78. The molecule has 1 aliphatic heterocycles. The lowest BCUT2D eigenvalue weighted by Crippen LogP contribution is -2.33. The van der Waals surface area contributed by atoms with Crippen molar-refractivity contribution in [2.24, 2.45) is 0 Å². The number of ether oxygens (including phenoxy) is 2. The molecule has 0 fully saturated rings. The molecule has 1 atom stereocenters. The molecule has 0 radical (unpaired) electrons. The van der Waals surface area contributed by atoms with Crippen LogP contribution in [0.1, 0.15) is 54.8 Å². The Morgan fingerprint density at radius 2 is 1.89 bits per heavy atom. The lowest BCUT2D eigenvalue weighted by atomic mass is 9.94. The van der Waals surface area contributed by atoms with Gasteiger partial charge in [-0.3, -0.25) is 9.59 Å². The monoisotopic (exact) mass is 520 g/mol. The number of aliphatic hydroxyl groups excluding tert-OH is 1. The van der Waals surface area contributed by atoms with Crippen molar-refractivity contribution in [3.63, 3.8) is 0 Å². The SMILES string of the molecule is CCCCCOc1cccc(C2C(C(=O)c3cc4cccc(OC)c4o3)=C(O)C(=O)N2CCCN(C)C)c1. The molecule has 2 heterocycles. The van der Waals surface area contributed by atoms with Crippen LogP contribution in [0.5, 0.6) is 11.5 Å². The maximum atomic E-state index is 13.8. The number of methoxy groups -OCH3 is 1. The minimum atomic E-state index is -0.772. The van der Waals surface area contributed by atoms with E-state index in [-0.39, 0.29) is 11.3 Å². The molecular weight excluding hydrogens is 484 g/mol. The number of carbonyl (C=O) groups is 2. The van der Waals surface area contributed by atoms with Crippen molar-refractivity contribution in [3.8, 4) is 11.5 Å². The second-order valence-electron chi connectivity index (χ2n) is 9.77. The normalized spacial score (nSPS) is 15.7. The first-order valence-corrected chi connectivity index (χ1v) is 13.1. The van der Waals surface area contributed by atoms with E-state index in [9.17, 15) is 14.7 Å². The van der Waals surface area contributed by atoms with Gasteiger partial charge in [0, 0.05) is 11.9 Å². The van der Waals surface area contributed by atoms with Crippen LogP contribution >= 0.6 is 0 Å². The molecule has 8 heteroatoms. The van der Waals surface area contributed by atoms with E-state index in [4.69, 9.17) is 13.9 Å². The van der Waals surface area contributed by atoms with Crippen LogP contribution in [0.4, 0.5) is 0 Å². The van der Waals surface area contributed by atoms with Gasteiger partial charge in [-0.25, -0.2) is 0 Å². The van der Waals surface area contributed by atoms with Crippen molar-refractivity contribution in [2.45, 2.75) is 38.6 Å². The molecule has 0 saturated carbocycles. The molecule has 202 valence electrons. The van der Waals surface area contributed by atoms with Crippen LogP contribution in [0.2, 0.25) is 0 Å². The van der Waals surface area contributed by atoms with Gasteiger partial charge in [-0.1, -0.05) is 44.0 Å². The Balaban J connectivity index is 1.71. The minimum Gasteiger partial charge on any atom is -0.503 e. The molecule has 1 N–H and O–H groups in total. The summed E-state index contributed by atoms with van der Waals surface area (Å²) in [6, 6.07) is 13.6. The number of para-hydroxylation sites is 1. The number of fused-ring (bicyclic) bond motifs is 1. The van der Waals surface area contributed by atoms with Gasteiger partial charge in [0.25, 0.3) is 5.91 Å². The number of aliphatic hydroxyl groups is 1. The predicted octanol–water partition coefficient (Wildman–Crippen LogP) is 5.54. The highest BCUT2D eigenvalue weighted by atomic mass is 16.5. The lowest BCUT2D eigenvalue weighted by molar-refractivity contribution is -0.129. The summed E-state index contributed by atoms with van der Waals surface area (Å²) in [6.07, 6.45) is 3.80. The predicted molar refractivity (Wildman–Crippen MR) is 146 cm³/mol. The summed E-state index contributed by atoms with van der Waals surface area (Å²) < 4.78 is 17.2. The molecule has 3 aromatic rings. The summed E-state index contributed by atoms with van der Waals surface area (Å²) in [7, 11) is 5.45. The summed E-state index contributed by atoms with van der Waals surface area (Å²) in [5.41, 5.74) is 1.13. The number of rotatable bonds is 13. The van der Waals surface area contributed by atoms with Gasteiger partial charge < -0.3 is 28.8 Å². The van der Waals surface area contributed by atoms with Crippen molar-refractivity contribution < 1.29 is 28.6 Å². The van der Waals surface area contributed by atoms with Gasteiger partial charge in [-0.2, -0.15) is 0 Å². The van der Waals surface area contributed by atoms with Gasteiger partial charge in [-0.15, -0.1) is 0 Å². The maximum Gasteiger partial charge on any atom is 0.290 e. The Bertz CT molecular complexity index is 1330. The average Bonchev–Trinajstić information content (AvgIpc) is 3.46. The first-order chi connectivity index (χ1) is 18.3. The molecule has 1 unspecified atom stereocenters. The summed E-state index contributed by atoms with van der Waals surface area (Å²) in [4.78, 5) is 30.7. The summed E-state index contributed by atoms with van der Waals surface area (Å²) in [6.45, 7) is 3.85. The van der Waals surface area contributed by atoms with E-state index < -0.39 is 23.5 Å². The average molecular weight is 521 g/mol. The van der Waals surface area contributed by atoms with Crippen molar-refractivity contribution in [1.82, 2.24) is 9.80 Å². The summed E-state index contributed by atoms with van der Waals surface area (Å²) in [5.74, 6) is -0.468. The Kier molecular flexibility index (Phi) is 8.73. The van der Waals surface area contributed by atoms with Crippen LogP contribution in [-0.2, 0) is 4.79 Å². The number of furan rings is 1. The molecule has 1 aromatic heterocycles. The van der Waals surface area contributed by atoms with E-state index in [0.29, 0.717) is 47.6 Å². The molecule has 2 aromatic carbocycles. The molecule has 0 aliphatic carbocycles.